The predicted octanol–water partition coefficient (Wildman–Crippen LogP) is 13.4. The SMILES string of the molecule is CC(C)(C)OC(=O)N1CC=C(OS(=O)(=O)C(F)(F)F)CC1.CC(C)(C)OC(=O)N1CC=C(c2cc(F)ccc2Cl)CC1.Cl.Fc1ccc(Cl)c(C2CCNCC2)c1.Fc1ccc(Cl)c(C2CCNCC2)c1.OB(O)c1cc(F)ccc1Cl. The summed E-state index contributed by atoms with van der Waals surface area (Å²) >= 11 is 23.7. The first-order valence-corrected chi connectivity index (χ1v) is 28.6. The maximum absolute atomic E-state index is 13.3. The molecule has 2 fully saturated rings. The molecule has 4 heterocycles. The van der Waals surface area contributed by atoms with Crippen LogP contribution in [0, 0.1) is 23.3 Å². The van der Waals surface area contributed by atoms with Crippen molar-refractivity contribution in [3.63, 3.8) is 0 Å². The van der Waals surface area contributed by atoms with Crippen molar-refractivity contribution in [2.45, 2.75) is 109 Å². The van der Waals surface area contributed by atoms with Gasteiger partial charge in [-0.1, -0.05) is 52.5 Å². The minimum absolute atomic E-state index is 0. The minimum atomic E-state index is -5.67. The maximum atomic E-state index is 13.3. The fraction of sp³-hybridized carbons (Fsp3) is 0.455. The monoisotopic (exact) mass is 1280 g/mol. The summed E-state index contributed by atoms with van der Waals surface area (Å²) in [6.07, 6.45) is 6.71. The van der Waals surface area contributed by atoms with Crippen LogP contribution in [0.1, 0.15) is 109 Å². The number of nitrogens with one attached hydrogen (secondary N) is 2. The van der Waals surface area contributed by atoms with Crippen LogP contribution in [0.4, 0.5) is 40.3 Å². The highest BCUT2D eigenvalue weighted by Gasteiger charge is 2.49. The van der Waals surface area contributed by atoms with Crippen molar-refractivity contribution in [1.82, 2.24) is 20.4 Å². The molecule has 0 aliphatic carbocycles. The van der Waals surface area contributed by atoms with E-state index >= 15 is 0 Å². The van der Waals surface area contributed by atoms with Gasteiger partial charge in [0, 0.05) is 58.2 Å². The summed E-state index contributed by atoms with van der Waals surface area (Å²) in [5, 5.41) is 25.9. The normalized spacial score (nSPS) is 16.0. The van der Waals surface area contributed by atoms with E-state index in [1.807, 2.05) is 26.8 Å². The Labute approximate surface area is 501 Å². The number of rotatable bonds is 6. The number of amides is 2. The zero-order chi connectivity index (χ0) is 60.5. The highest BCUT2D eigenvalue weighted by Crippen LogP contribution is 2.34. The van der Waals surface area contributed by atoms with Gasteiger partial charge in [-0.2, -0.15) is 21.6 Å². The van der Waals surface area contributed by atoms with Gasteiger partial charge < -0.3 is 44.1 Å². The zero-order valence-electron chi connectivity index (χ0n) is 45.8. The number of hydrogen-bond acceptors (Lipinski definition) is 11. The fourth-order valence-electron chi connectivity index (χ4n) is 8.19. The summed E-state index contributed by atoms with van der Waals surface area (Å²) in [5.74, 6) is -0.751. The molecular weight excluding hydrogens is 1210 g/mol. The van der Waals surface area contributed by atoms with E-state index in [1.165, 1.54) is 35.2 Å². The summed E-state index contributed by atoms with van der Waals surface area (Å²) in [7, 11) is -7.39. The first-order chi connectivity index (χ1) is 37.7. The molecule has 4 aromatic rings. The second-order valence-corrected chi connectivity index (χ2v) is 23.9. The number of piperidine rings is 2. The summed E-state index contributed by atoms with van der Waals surface area (Å²) in [5.41, 5.74) is -3.12. The highest BCUT2D eigenvalue weighted by atomic mass is 35.5. The molecule has 454 valence electrons. The van der Waals surface area contributed by atoms with Crippen molar-refractivity contribution in [3.05, 3.63) is 151 Å². The molecule has 27 heteroatoms. The van der Waals surface area contributed by atoms with Crippen molar-refractivity contribution in [2.24, 2.45) is 0 Å². The van der Waals surface area contributed by atoms with Gasteiger partial charge in [-0.25, -0.2) is 27.2 Å². The first-order valence-electron chi connectivity index (χ1n) is 25.7. The molecule has 0 aromatic heterocycles. The van der Waals surface area contributed by atoms with E-state index in [4.69, 9.17) is 65.9 Å². The molecule has 2 saturated heterocycles. The molecule has 0 bridgehead atoms. The Morgan fingerprint density at radius 2 is 0.988 bits per heavy atom. The topological polar surface area (TPSA) is 167 Å². The lowest BCUT2D eigenvalue weighted by molar-refractivity contribution is -0.0525. The molecule has 0 spiro atoms. The van der Waals surface area contributed by atoms with Gasteiger partial charge in [-0.3, -0.25) is 0 Å². The molecule has 4 aliphatic rings. The smallest absolute Gasteiger partial charge is 0.444 e. The predicted molar refractivity (Wildman–Crippen MR) is 309 cm³/mol. The Hall–Kier alpha value is -4.49. The van der Waals surface area contributed by atoms with Gasteiger partial charge in [0.1, 0.15) is 40.2 Å². The van der Waals surface area contributed by atoms with Crippen LogP contribution in [0.5, 0.6) is 0 Å². The Bertz CT molecular complexity index is 2860. The second-order valence-electron chi connectivity index (χ2n) is 20.8. The minimum Gasteiger partial charge on any atom is -0.444 e. The molecule has 13 nitrogen and oxygen atoms in total. The van der Waals surface area contributed by atoms with E-state index in [9.17, 15) is 48.7 Å². The average molecular weight is 1280 g/mol. The van der Waals surface area contributed by atoms with Crippen LogP contribution >= 0.6 is 58.8 Å². The number of carbonyl (C=O) groups is 2. The Kier molecular flexibility index (Phi) is 28.6. The summed E-state index contributed by atoms with van der Waals surface area (Å²) < 4.78 is 124. The van der Waals surface area contributed by atoms with E-state index in [0.29, 0.717) is 52.0 Å². The van der Waals surface area contributed by atoms with E-state index in [0.717, 1.165) is 86.8 Å². The van der Waals surface area contributed by atoms with Crippen molar-refractivity contribution < 1.29 is 72.4 Å². The van der Waals surface area contributed by atoms with Crippen LogP contribution < -0.4 is 16.1 Å². The third-order valence-electron chi connectivity index (χ3n) is 12.2. The lowest BCUT2D eigenvalue weighted by atomic mass is 9.80. The Morgan fingerprint density at radius 1 is 0.598 bits per heavy atom. The first kappa shape index (κ1) is 71.8. The molecular formula is C55H67BCl5F7N4O9S. The van der Waals surface area contributed by atoms with Crippen molar-refractivity contribution in [2.75, 3.05) is 52.4 Å². The number of alkyl halides is 3. The van der Waals surface area contributed by atoms with Gasteiger partial charge in [0.05, 0.1) is 0 Å². The second kappa shape index (κ2) is 32.7. The van der Waals surface area contributed by atoms with Crippen LogP contribution in [-0.4, -0.2) is 117 Å². The van der Waals surface area contributed by atoms with Crippen LogP contribution in [0.2, 0.25) is 20.1 Å². The van der Waals surface area contributed by atoms with Crippen molar-refractivity contribution in [1.29, 1.82) is 0 Å². The van der Waals surface area contributed by atoms with Gasteiger partial charge in [-0.15, -0.1) is 12.4 Å². The Morgan fingerprint density at radius 3 is 1.35 bits per heavy atom. The van der Waals surface area contributed by atoms with E-state index in [-0.39, 0.29) is 71.7 Å². The lowest BCUT2D eigenvalue weighted by Gasteiger charge is -2.29. The van der Waals surface area contributed by atoms with Gasteiger partial charge >= 0.3 is 34.9 Å². The molecule has 0 atom stereocenters. The van der Waals surface area contributed by atoms with Crippen LogP contribution in [-0.2, 0) is 23.8 Å². The molecule has 4 aromatic carbocycles. The lowest BCUT2D eigenvalue weighted by Crippen LogP contribution is -2.39. The highest BCUT2D eigenvalue weighted by molar-refractivity contribution is 7.87. The molecule has 8 rings (SSSR count). The van der Waals surface area contributed by atoms with E-state index in [2.05, 4.69) is 14.8 Å². The number of hydrogen-bond donors (Lipinski definition) is 4. The van der Waals surface area contributed by atoms with Gasteiger partial charge in [0.15, 0.2) is 0 Å². The van der Waals surface area contributed by atoms with Gasteiger partial charge in [0.2, 0.25) is 0 Å². The number of nitrogens with zero attached hydrogens (tertiary/aromatic N) is 2. The summed E-state index contributed by atoms with van der Waals surface area (Å²) in [6.45, 7) is 15.4. The number of benzene rings is 4. The number of ether oxygens (including phenoxy) is 2. The van der Waals surface area contributed by atoms with Gasteiger partial charge in [-0.05, 0) is 213 Å². The number of halogens is 12. The van der Waals surface area contributed by atoms with Crippen LogP contribution in [0.3, 0.4) is 0 Å². The van der Waals surface area contributed by atoms with E-state index in [1.54, 1.807) is 56.0 Å². The van der Waals surface area contributed by atoms with E-state index < -0.39 is 45.9 Å². The summed E-state index contributed by atoms with van der Waals surface area (Å²) in [4.78, 5) is 26.5. The standard InChI is InChI=1S/C16H19ClFNO2.2C11H13ClFN.C11H16F3NO5S.C6H5BClFO2.ClH/c1-16(2,3)21-15(20)19-8-6-11(7-9-19)13-10-12(18)4-5-14(13)17;2*12-11-2-1-9(13)7-10(11)8-3-5-14-6-4-8;1-10(2,3)19-9(16)15-6-4-8(5-7-15)20-21(17,18)11(12,13)14;8-6-2-1-4(9)3-5(6)7(10)11;/h4-6,10H,7-9H2,1-3H3;2*1-2,7-8,14H,3-6H2;4H,5-7H2,1-3H3;1-3,10-11H;1H. The molecule has 0 unspecified atom stereocenters. The molecule has 82 heavy (non-hydrogen) atoms. The molecule has 2 amide bonds. The molecule has 4 N–H and O–H groups in total. The third kappa shape index (κ3) is 24.2. The fourth-order valence-corrected chi connectivity index (χ4v) is 9.72. The van der Waals surface area contributed by atoms with Crippen molar-refractivity contribution in [3.8, 4) is 0 Å². The quantitative estimate of drug-likeness (QED) is 0.0628. The number of carbonyl (C=O) groups excluding carboxylic acids is 2. The average Bonchev–Trinajstić information content (AvgIpc) is 3.39. The maximum Gasteiger partial charge on any atom is 0.534 e. The molecule has 4 aliphatic heterocycles. The van der Waals surface area contributed by atoms with Gasteiger partial charge in [0.25, 0.3) is 0 Å². The Balaban J connectivity index is 0.000000273. The van der Waals surface area contributed by atoms with Crippen LogP contribution in [0.25, 0.3) is 5.57 Å². The molecule has 0 saturated carbocycles. The summed E-state index contributed by atoms with van der Waals surface area (Å²) in [6, 6.07) is 17.0. The van der Waals surface area contributed by atoms with Crippen LogP contribution in [0.15, 0.2) is 90.7 Å². The molecule has 0 radical (unpaired) electrons. The largest absolute Gasteiger partial charge is 0.534 e. The van der Waals surface area contributed by atoms with Crippen molar-refractivity contribution >= 4 is 99.3 Å². The zero-order valence-corrected chi connectivity index (χ0v) is 50.5. The third-order valence-corrected chi connectivity index (χ3v) is 14.5.